The van der Waals surface area contributed by atoms with Crippen molar-refractivity contribution in [1.29, 1.82) is 0 Å². The Morgan fingerprint density at radius 1 is 1.07 bits per heavy atom. The lowest BCUT2D eigenvalue weighted by Gasteiger charge is -2.20. The number of hydrogen-bond donors (Lipinski definition) is 0. The summed E-state index contributed by atoms with van der Waals surface area (Å²) in [5.74, 6) is 0. The van der Waals surface area contributed by atoms with Gasteiger partial charge in [0.2, 0.25) is 8.32 Å². The van der Waals surface area contributed by atoms with Crippen LogP contribution in [-0.2, 0) is 4.43 Å². The molecular weight excluding hydrogens is 204 g/mol. The van der Waals surface area contributed by atoms with Crippen molar-refractivity contribution in [3.63, 3.8) is 0 Å². The summed E-state index contributed by atoms with van der Waals surface area (Å²) in [5, 5.41) is 2.88. The molecule has 0 heterocycles. The maximum Gasteiger partial charge on any atom is 0.217 e. The second kappa shape index (κ2) is 4.42. The first-order valence-electron chi connectivity index (χ1n) is 4.93. The van der Waals surface area contributed by atoms with Gasteiger partial charge in [-0.2, -0.15) is 0 Å². The monoisotopic (exact) mass is 223 g/mol. The Balaban J connectivity index is 2.94. The third-order valence-electron chi connectivity index (χ3n) is 2.67. The van der Waals surface area contributed by atoms with E-state index in [4.69, 9.17) is 4.43 Å². The van der Waals surface area contributed by atoms with Gasteiger partial charge in [-0.15, -0.1) is 0 Å². The molecule has 0 spiro atoms. The minimum absolute atomic E-state index is 0.306. The van der Waals surface area contributed by atoms with Crippen LogP contribution >= 0.6 is 0 Å². The van der Waals surface area contributed by atoms with Gasteiger partial charge in [-0.05, 0) is 18.3 Å². The zero-order chi connectivity index (χ0) is 10.8. The fourth-order valence-electron chi connectivity index (χ4n) is 1.32. The lowest BCUT2D eigenvalue weighted by Crippen LogP contribution is -2.44. The summed E-state index contributed by atoms with van der Waals surface area (Å²) in [7, 11) is -0.0909. The average molecular weight is 223 g/mol. The third-order valence-corrected chi connectivity index (χ3v) is 6.90. The molecule has 0 atom stereocenters. The van der Waals surface area contributed by atoms with Gasteiger partial charge in [0, 0.05) is 7.11 Å². The Morgan fingerprint density at radius 2 is 1.57 bits per heavy atom. The molecule has 0 unspecified atom stereocenters. The molecule has 0 aliphatic carbocycles. The summed E-state index contributed by atoms with van der Waals surface area (Å²) >= 11 is 0. The van der Waals surface area contributed by atoms with Gasteiger partial charge in [-0.1, -0.05) is 42.5 Å². The molecule has 0 bridgehead atoms. The summed E-state index contributed by atoms with van der Waals surface area (Å²) < 4.78 is 5.57. The van der Waals surface area contributed by atoms with Crippen LogP contribution in [0.3, 0.4) is 0 Å². The molecule has 0 aliphatic heterocycles. The van der Waals surface area contributed by atoms with Crippen molar-refractivity contribution < 1.29 is 4.43 Å². The Hall–Kier alpha value is -0.386. The molecule has 0 aliphatic rings. The summed E-state index contributed by atoms with van der Waals surface area (Å²) in [5.41, 5.74) is 0. The van der Waals surface area contributed by atoms with E-state index in [-0.39, 0.29) is 8.80 Å². The molecule has 0 N–H and O–H groups in total. The minimum atomic E-state index is -1.60. The third kappa shape index (κ3) is 2.56. The summed E-state index contributed by atoms with van der Waals surface area (Å²) in [6.07, 6.45) is 0. The lowest BCUT2D eigenvalue weighted by molar-refractivity contribution is 0.416. The van der Waals surface area contributed by atoms with E-state index in [0.717, 1.165) is 0 Å². The fourth-order valence-corrected chi connectivity index (χ4v) is 3.36. The van der Waals surface area contributed by atoms with Crippen LogP contribution in [0, 0.1) is 0 Å². The Kier molecular flexibility index (Phi) is 3.69. The average Bonchev–Trinajstić information content (AvgIpc) is 2.18. The molecule has 1 aromatic carbocycles. The first-order valence-corrected chi connectivity index (χ1v) is 10.3. The van der Waals surface area contributed by atoms with Crippen LogP contribution < -0.4 is 10.4 Å². The molecule has 1 radical (unpaired) electrons. The van der Waals surface area contributed by atoms with Crippen molar-refractivity contribution >= 4 is 27.5 Å². The molecule has 14 heavy (non-hydrogen) atoms. The van der Waals surface area contributed by atoms with Gasteiger partial charge in [0.15, 0.2) is 0 Å². The van der Waals surface area contributed by atoms with E-state index in [9.17, 15) is 0 Å². The van der Waals surface area contributed by atoms with Gasteiger partial charge >= 0.3 is 0 Å². The standard InChI is InChI=1S/C11H19OSi2/c1-12-14(4,5)11-8-6-10(7-9-11)13(2)3/h6-9H,1-5H3. The molecule has 0 amide bonds. The van der Waals surface area contributed by atoms with Crippen LogP contribution in [0.4, 0.5) is 0 Å². The lowest BCUT2D eigenvalue weighted by atomic mass is 10.4. The van der Waals surface area contributed by atoms with Crippen LogP contribution in [0.15, 0.2) is 24.3 Å². The smallest absolute Gasteiger partial charge is 0.217 e. The highest BCUT2D eigenvalue weighted by Gasteiger charge is 2.23. The second-order valence-corrected chi connectivity index (χ2v) is 10.9. The molecule has 0 aromatic heterocycles. The van der Waals surface area contributed by atoms with Gasteiger partial charge in [0.25, 0.3) is 0 Å². The van der Waals surface area contributed by atoms with Gasteiger partial charge in [0.05, 0.1) is 8.80 Å². The zero-order valence-electron chi connectivity index (χ0n) is 9.72. The summed E-state index contributed by atoms with van der Waals surface area (Å²) in [6, 6.07) is 9.00. The molecule has 0 fully saturated rings. The molecule has 1 rings (SSSR count). The van der Waals surface area contributed by atoms with Crippen molar-refractivity contribution in [3.05, 3.63) is 24.3 Å². The van der Waals surface area contributed by atoms with Crippen molar-refractivity contribution in [2.75, 3.05) is 7.11 Å². The van der Waals surface area contributed by atoms with Crippen LogP contribution in [0.5, 0.6) is 0 Å². The van der Waals surface area contributed by atoms with E-state index < -0.39 is 8.32 Å². The van der Waals surface area contributed by atoms with Crippen LogP contribution in [0.25, 0.3) is 0 Å². The molecule has 3 heteroatoms. The van der Waals surface area contributed by atoms with Crippen molar-refractivity contribution in [2.45, 2.75) is 26.2 Å². The van der Waals surface area contributed by atoms with Crippen LogP contribution in [0.2, 0.25) is 26.2 Å². The van der Waals surface area contributed by atoms with Gasteiger partial charge in [-0.3, -0.25) is 0 Å². The quantitative estimate of drug-likeness (QED) is 0.709. The predicted molar refractivity (Wildman–Crippen MR) is 67.7 cm³/mol. The highest BCUT2D eigenvalue weighted by molar-refractivity contribution is 6.84. The molecule has 0 saturated heterocycles. The number of rotatable bonds is 3. The van der Waals surface area contributed by atoms with Gasteiger partial charge in [-0.25, -0.2) is 0 Å². The van der Waals surface area contributed by atoms with E-state index >= 15 is 0 Å². The SMILES string of the molecule is CO[Si](C)(C)c1ccc([Si](C)C)cc1. The van der Waals surface area contributed by atoms with E-state index in [2.05, 4.69) is 50.5 Å². The Morgan fingerprint density at radius 3 is 1.93 bits per heavy atom. The summed E-state index contributed by atoms with van der Waals surface area (Å²) in [4.78, 5) is 0. The highest BCUT2D eigenvalue weighted by atomic mass is 28.4. The summed E-state index contributed by atoms with van der Waals surface area (Å²) in [6.45, 7) is 9.09. The Bertz CT molecular complexity index is 291. The van der Waals surface area contributed by atoms with Crippen molar-refractivity contribution in [2.24, 2.45) is 0 Å². The maximum atomic E-state index is 5.57. The van der Waals surface area contributed by atoms with E-state index in [1.165, 1.54) is 10.4 Å². The molecule has 77 valence electrons. The van der Waals surface area contributed by atoms with Crippen molar-refractivity contribution in [1.82, 2.24) is 0 Å². The van der Waals surface area contributed by atoms with E-state index in [1.54, 1.807) is 0 Å². The zero-order valence-corrected chi connectivity index (χ0v) is 11.7. The van der Waals surface area contributed by atoms with Crippen LogP contribution in [0.1, 0.15) is 0 Å². The molecule has 1 nitrogen and oxygen atoms in total. The molecule has 0 saturated carbocycles. The number of hydrogen-bond acceptors (Lipinski definition) is 1. The van der Waals surface area contributed by atoms with Gasteiger partial charge < -0.3 is 4.43 Å². The van der Waals surface area contributed by atoms with Crippen molar-refractivity contribution in [3.8, 4) is 0 Å². The molecular formula is C11H19OSi2. The predicted octanol–water partition coefficient (Wildman–Crippen LogP) is 1.71. The fraction of sp³-hybridized carbons (Fsp3) is 0.455. The van der Waals surface area contributed by atoms with Gasteiger partial charge in [0.1, 0.15) is 0 Å². The normalized spacial score (nSPS) is 12.1. The first kappa shape index (κ1) is 11.7. The minimum Gasteiger partial charge on any atom is -0.416 e. The Labute approximate surface area is 89.9 Å². The molecule has 1 aromatic rings. The first-order chi connectivity index (χ1) is 6.47. The number of benzene rings is 1. The van der Waals surface area contributed by atoms with Crippen LogP contribution in [-0.4, -0.2) is 24.2 Å². The maximum absolute atomic E-state index is 5.57. The highest BCUT2D eigenvalue weighted by Crippen LogP contribution is 2.02. The largest absolute Gasteiger partial charge is 0.416 e. The van der Waals surface area contributed by atoms with E-state index in [0.29, 0.717) is 0 Å². The second-order valence-electron chi connectivity index (χ2n) is 4.29. The van der Waals surface area contributed by atoms with E-state index in [1.807, 2.05) is 7.11 Å². The topological polar surface area (TPSA) is 9.23 Å².